The van der Waals surface area contributed by atoms with Gasteiger partial charge in [0.2, 0.25) is 5.91 Å². The van der Waals surface area contributed by atoms with Crippen molar-refractivity contribution in [1.29, 1.82) is 0 Å². The number of aryl methyl sites for hydroxylation is 1. The maximum atomic E-state index is 12.8. The number of unbranched alkanes of at least 4 members (excludes halogenated alkanes) is 1. The summed E-state index contributed by atoms with van der Waals surface area (Å²) in [5.74, 6) is 0.223. The molecule has 3 aromatic rings. The Morgan fingerprint density at radius 2 is 1.94 bits per heavy atom. The van der Waals surface area contributed by atoms with E-state index in [4.69, 9.17) is 4.98 Å². The number of thiol groups is 1. The van der Waals surface area contributed by atoms with E-state index in [2.05, 4.69) is 45.4 Å². The molecule has 180 valence electrons. The van der Waals surface area contributed by atoms with E-state index in [0.717, 1.165) is 41.9 Å². The number of hydrogen-bond acceptors (Lipinski definition) is 4. The fraction of sp³-hybridized carbons (Fsp3) is 0.346. The minimum absolute atomic E-state index is 0.0308. The Bertz CT molecular complexity index is 1120. The van der Waals surface area contributed by atoms with Crippen molar-refractivity contribution in [3.8, 4) is 0 Å². The second-order valence-electron chi connectivity index (χ2n) is 8.29. The van der Waals surface area contributed by atoms with Crippen LogP contribution in [0.15, 0.2) is 59.2 Å². The van der Waals surface area contributed by atoms with E-state index in [0.29, 0.717) is 29.7 Å². The van der Waals surface area contributed by atoms with Crippen LogP contribution in [0.2, 0.25) is 0 Å². The van der Waals surface area contributed by atoms with Crippen molar-refractivity contribution in [2.24, 2.45) is 5.92 Å². The van der Waals surface area contributed by atoms with Crippen LogP contribution in [-0.2, 0) is 30.7 Å². The number of rotatable bonds is 12. The van der Waals surface area contributed by atoms with Gasteiger partial charge in [0.1, 0.15) is 5.82 Å². The number of imidazole rings is 1. The number of aromatic carboxylic acids is 1. The van der Waals surface area contributed by atoms with Gasteiger partial charge in [0, 0.05) is 29.4 Å². The second-order valence-corrected chi connectivity index (χ2v) is 9.51. The van der Waals surface area contributed by atoms with Crippen molar-refractivity contribution in [1.82, 2.24) is 14.9 Å². The number of carboxylic acid groups (broad SMARTS) is 1. The lowest BCUT2D eigenvalue weighted by Crippen LogP contribution is -2.32. The molecule has 6 nitrogen and oxygen atoms in total. The van der Waals surface area contributed by atoms with Crippen molar-refractivity contribution >= 4 is 40.4 Å². The number of halogens is 1. The van der Waals surface area contributed by atoms with Gasteiger partial charge in [-0.1, -0.05) is 49.7 Å². The van der Waals surface area contributed by atoms with E-state index < -0.39 is 5.97 Å². The van der Waals surface area contributed by atoms with E-state index in [1.165, 1.54) is 0 Å². The summed E-state index contributed by atoms with van der Waals surface area (Å²) >= 11 is 7.74. The molecule has 2 N–H and O–H groups in total. The van der Waals surface area contributed by atoms with Gasteiger partial charge in [0.05, 0.1) is 23.7 Å². The minimum Gasteiger partial charge on any atom is -0.478 e. The number of carboxylic acids is 1. The highest BCUT2D eigenvalue weighted by Crippen LogP contribution is 2.20. The zero-order valence-electron chi connectivity index (χ0n) is 19.2. The third-order valence-corrected chi connectivity index (χ3v) is 6.74. The van der Waals surface area contributed by atoms with Crippen molar-refractivity contribution in [3.63, 3.8) is 0 Å². The fourth-order valence-corrected chi connectivity index (χ4v) is 4.65. The minimum atomic E-state index is -0.963. The molecule has 0 aliphatic carbocycles. The number of hydrogen-bond donors (Lipinski definition) is 3. The van der Waals surface area contributed by atoms with Gasteiger partial charge in [0.15, 0.2) is 0 Å². The quantitative estimate of drug-likeness (QED) is 0.276. The summed E-state index contributed by atoms with van der Waals surface area (Å²) in [4.78, 5) is 28.8. The van der Waals surface area contributed by atoms with Crippen molar-refractivity contribution in [2.45, 2.75) is 45.7 Å². The van der Waals surface area contributed by atoms with Crippen LogP contribution >= 0.6 is 28.6 Å². The lowest BCUT2D eigenvalue weighted by molar-refractivity contribution is -0.124. The maximum absolute atomic E-state index is 12.8. The van der Waals surface area contributed by atoms with Crippen LogP contribution in [0.25, 0.3) is 0 Å². The maximum Gasteiger partial charge on any atom is 0.336 e. The highest BCUT2D eigenvalue weighted by atomic mass is 79.9. The van der Waals surface area contributed by atoms with Crippen LogP contribution in [0, 0.1) is 5.92 Å². The monoisotopic (exact) mass is 543 g/mol. The molecule has 1 heterocycles. The zero-order valence-corrected chi connectivity index (χ0v) is 21.7. The molecule has 0 fully saturated rings. The summed E-state index contributed by atoms with van der Waals surface area (Å²) in [6.45, 7) is 3.07. The first-order valence-corrected chi connectivity index (χ1v) is 12.8. The Morgan fingerprint density at radius 3 is 2.59 bits per heavy atom. The van der Waals surface area contributed by atoms with E-state index in [9.17, 15) is 14.7 Å². The van der Waals surface area contributed by atoms with E-state index in [1.54, 1.807) is 6.07 Å². The smallest absolute Gasteiger partial charge is 0.336 e. The molecule has 3 rings (SSSR count). The SMILES string of the molecule is CCCCc1nc(CNC(=O)C(CS)Cc2ccccc2)cn1Cc1ccc(C(=O)O)c(Br)c1. The summed E-state index contributed by atoms with van der Waals surface area (Å²) in [5.41, 5.74) is 3.13. The second kappa shape index (κ2) is 12.8. The summed E-state index contributed by atoms with van der Waals surface area (Å²) < 4.78 is 2.64. The molecule has 0 aliphatic rings. The van der Waals surface area contributed by atoms with Crippen LogP contribution in [0.1, 0.15) is 52.8 Å². The standard InChI is InChI=1S/C26H30BrN3O3S/c1-2-3-9-24-29-21(14-28-25(31)20(17-34)12-18-7-5-4-6-8-18)16-30(24)15-19-10-11-22(26(32)33)23(27)13-19/h4-8,10-11,13,16,20,34H,2-3,9,12,14-15,17H2,1H3,(H,28,31)(H,32,33). The van der Waals surface area contributed by atoms with Crippen molar-refractivity contribution in [2.75, 3.05) is 5.75 Å². The van der Waals surface area contributed by atoms with Gasteiger partial charge in [-0.25, -0.2) is 9.78 Å². The van der Waals surface area contributed by atoms with Gasteiger partial charge < -0.3 is 15.0 Å². The third kappa shape index (κ3) is 7.21. The molecule has 2 aromatic carbocycles. The van der Waals surface area contributed by atoms with Crippen molar-refractivity contribution < 1.29 is 14.7 Å². The van der Waals surface area contributed by atoms with Gasteiger partial charge in [-0.2, -0.15) is 12.6 Å². The number of nitrogens with one attached hydrogen (secondary N) is 1. The molecule has 1 aromatic heterocycles. The lowest BCUT2D eigenvalue weighted by atomic mass is 10.0. The average Bonchev–Trinajstić information content (AvgIpc) is 3.21. The third-order valence-electron chi connectivity index (χ3n) is 5.64. The van der Waals surface area contributed by atoms with E-state index in [-0.39, 0.29) is 17.4 Å². The summed E-state index contributed by atoms with van der Waals surface area (Å²) in [5, 5.41) is 12.3. The van der Waals surface area contributed by atoms with Crippen LogP contribution < -0.4 is 5.32 Å². The molecular formula is C26H30BrN3O3S. The van der Waals surface area contributed by atoms with Crippen LogP contribution in [0.4, 0.5) is 0 Å². The molecule has 8 heteroatoms. The number of nitrogens with zero attached hydrogens (tertiary/aromatic N) is 2. The number of benzene rings is 2. The van der Waals surface area contributed by atoms with Gasteiger partial charge in [-0.3, -0.25) is 4.79 Å². The number of aromatic nitrogens is 2. The summed E-state index contributed by atoms with van der Waals surface area (Å²) in [6.07, 6.45) is 5.53. The molecule has 1 amide bonds. The topological polar surface area (TPSA) is 84.2 Å². The molecular weight excluding hydrogens is 514 g/mol. The Balaban J connectivity index is 1.69. The first-order chi connectivity index (χ1) is 16.4. The summed E-state index contributed by atoms with van der Waals surface area (Å²) in [6, 6.07) is 15.2. The predicted molar refractivity (Wildman–Crippen MR) is 140 cm³/mol. The molecule has 1 atom stereocenters. The predicted octanol–water partition coefficient (Wildman–Crippen LogP) is 5.14. The zero-order chi connectivity index (χ0) is 24.5. The molecule has 1 unspecified atom stereocenters. The van der Waals surface area contributed by atoms with Crippen molar-refractivity contribution in [3.05, 3.63) is 87.4 Å². The van der Waals surface area contributed by atoms with Gasteiger partial charge in [-0.15, -0.1) is 0 Å². The van der Waals surface area contributed by atoms with Gasteiger partial charge >= 0.3 is 5.97 Å². The van der Waals surface area contributed by atoms with Gasteiger partial charge in [-0.05, 0) is 52.0 Å². The van der Waals surface area contributed by atoms with Crippen LogP contribution in [0.3, 0.4) is 0 Å². The average molecular weight is 545 g/mol. The first kappa shape index (κ1) is 26.0. The van der Waals surface area contributed by atoms with Crippen LogP contribution in [0.5, 0.6) is 0 Å². The molecule has 0 saturated carbocycles. The largest absolute Gasteiger partial charge is 0.478 e. The number of carbonyl (C=O) groups is 2. The first-order valence-electron chi connectivity index (χ1n) is 11.4. The Hall–Kier alpha value is -2.58. The number of amides is 1. The van der Waals surface area contributed by atoms with Gasteiger partial charge in [0.25, 0.3) is 0 Å². The highest BCUT2D eigenvalue weighted by molar-refractivity contribution is 9.10. The molecule has 0 bridgehead atoms. The highest BCUT2D eigenvalue weighted by Gasteiger charge is 2.18. The van der Waals surface area contributed by atoms with E-state index in [1.807, 2.05) is 48.7 Å². The normalized spacial score (nSPS) is 11.9. The molecule has 34 heavy (non-hydrogen) atoms. The fourth-order valence-electron chi connectivity index (χ4n) is 3.76. The molecule has 0 radical (unpaired) electrons. The lowest BCUT2D eigenvalue weighted by Gasteiger charge is -2.14. The Kier molecular flexibility index (Phi) is 9.77. The summed E-state index contributed by atoms with van der Waals surface area (Å²) in [7, 11) is 0. The molecule has 0 aliphatic heterocycles. The Labute approximate surface area is 214 Å². The Morgan fingerprint density at radius 1 is 1.18 bits per heavy atom. The van der Waals surface area contributed by atoms with E-state index >= 15 is 0 Å². The molecule has 0 saturated heterocycles. The van der Waals surface area contributed by atoms with Crippen LogP contribution in [-0.4, -0.2) is 32.3 Å². The molecule has 0 spiro atoms. The number of carbonyl (C=O) groups excluding carboxylic acids is 1.